The summed E-state index contributed by atoms with van der Waals surface area (Å²) in [5.41, 5.74) is 1.51. The third-order valence-corrected chi connectivity index (χ3v) is 5.62. The lowest BCUT2D eigenvalue weighted by molar-refractivity contribution is 0.0702. The van der Waals surface area contributed by atoms with Gasteiger partial charge in [0.25, 0.3) is 0 Å². The lowest BCUT2D eigenvalue weighted by atomic mass is 10.2. The average Bonchev–Trinajstić information content (AvgIpc) is 2.81. The first-order valence-electron chi connectivity index (χ1n) is 6.05. The van der Waals surface area contributed by atoms with Crippen LogP contribution >= 0.6 is 11.3 Å². The molecule has 0 fully saturated rings. The summed E-state index contributed by atoms with van der Waals surface area (Å²) >= 11 is 0.940. The standard InChI is InChI=1S/C13H14N2O4S2/c1-8-4-3-5-14-10(8)7-15-21(18,19)12-6-11(13(16)17)20-9(12)2/h3-6,15H,7H2,1-2H3,(H,16,17). The monoisotopic (exact) mass is 326 g/mol. The minimum atomic E-state index is -3.76. The van der Waals surface area contributed by atoms with Crippen LogP contribution in [0.2, 0.25) is 0 Å². The quantitative estimate of drug-likeness (QED) is 0.875. The molecule has 0 aliphatic carbocycles. The van der Waals surface area contributed by atoms with Gasteiger partial charge in [0.1, 0.15) is 4.88 Å². The Bertz CT molecular complexity index is 781. The number of pyridine rings is 1. The van der Waals surface area contributed by atoms with Crippen LogP contribution in [0.4, 0.5) is 0 Å². The van der Waals surface area contributed by atoms with Gasteiger partial charge in [-0.2, -0.15) is 0 Å². The van der Waals surface area contributed by atoms with Crippen LogP contribution in [0, 0.1) is 13.8 Å². The molecule has 8 heteroatoms. The number of sulfonamides is 1. The Morgan fingerprint density at radius 1 is 1.43 bits per heavy atom. The molecule has 0 aliphatic rings. The zero-order valence-electron chi connectivity index (χ0n) is 11.5. The van der Waals surface area contributed by atoms with Gasteiger partial charge >= 0.3 is 5.97 Å². The van der Waals surface area contributed by atoms with Crippen molar-refractivity contribution in [3.63, 3.8) is 0 Å². The molecule has 0 atom stereocenters. The lowest BCUT2D eigenvalue weighted by Gasteiger charge is -2.07. The van der Waals surface area contributed by atoms with E-state index in [4.69, 9.17) is 5.11 Å². The highest BCUT2D eigenvalue weighted by Gasteiger charge is 2.22. The molecular formula is C13H14N2O4S2. The Labute approximate surface area is 126 Å². The van der Waals surface area contributed by atoms with Crippen molar-refractivity contribution in [2.24, 2.45) is 0 Å². The smallest absolute Gasteiger partial charge is 0.345 e. The van der Waals surface area contributed by atoms with Gasteiger partial charge in [-0.3, -0.25) is 4.98 Å². The van der Waals surface area contributed by atoms with Gasteiger partial charge in [-0.05, 0) is 31.5 Å². The number of rotatable bonds is 5. The van der Waals surface area contributed by atoms with Crippen LogP contribution in [0.1, 0.15) is 25.8 Å². The molecule has 0 saturated heterocycles. The number of carbonyl (C=O) groups is 1. The molecule has 2 rings (SSSR count). The van der Waals surface area contributed by atoms with Crippen LogP contribution in [-0.4, -0.2) is 24.5 Å². The van der Waals surface area contributed by atoms with Crippen LogP contribution in [0.5, 0.6) is 0 Å². The van der Waals surface area contributed by atoms with Gasteiger partial charge in [-0.15, -0.1) is 11.3 Å². The molecule has 0 saturated carbocycles. The number of hydrogen-bond acceptors (Lipinski definition) is 5. The van der Waals surface area contributed by atoms with E-state index in [0.29, 0.717) is 10.6 Å². The van der Waals surface area contributed by atoms with E-state index < -0.39 is 16.0 Å². The number of aromatic carboxylic acids is 1. The second-order valence-corrected chi connectivity index (χ2v) is 7.42. The molecule has 2 aromatic rings. The first kappa shape index (κ1) is 15.6. The molecule has 0 radical (unpaired) electrons. The Kier molecular flexibility index (Phi) is 4.40. The van der Waals surface area contributed by atoms with Crippen LogP contribution in [0.3, 0.4) is 0 Å². The number of nitrogens with zero attached hydrogens (tertiary/aromatic N) is 1. The van der Waals surface area contributed by atoms with Crippen LogP contribution in [0.25, 0.3) is 0 Å². The molecular weight excluding hydrogens is 312 g/mol. The first-order chi connectivity index (χ1) is 9.81. The highest BCUT2D eigenvalue weighted by molar-refractivity contribution is 7.89. The molecule has 2 aromatic heterocycles. The third-order valence-electron chi connectivity index (χ3n) is 2.92. The summed E-state index contributed by atoms with van der Waals surface area (Å²) in [6.07, 6.45) is 1.59. The van der Waals surface area contributed by atoms with Crippen LogP contribution in [-0.2, 0) is 16.6 Å². The second kappa shape index (κ2) is 5.92. The van der Waals surface area contributed by atoms with Crippen molar-refractivity contribution >= 4 is 27.3 Å². The van der Waals surface area contributed by atoms with Crippen molar-refractivity contribution in [3.05, 3.63) is 45.4 Å². The molecule has 0 spiro atoms. The minimum Gasteiger partial charge on any atom is -0.477 e. The second-order valence-electron chi connectivity index (χ2n) is 4.43. The first-order valence-corrected chi connectivity index (χ1v) is 8.35. The highest BCUT2D eigenvalue weighted by atomic mass is 32.2. The number of nitrogens with one attached hydrogen (secondary N) is 1. The summed E-state index contributed by atoms with van der Waals surface area (Å²) < 4.78 is 26.9. The molecule has 6 nitrogen and oxygen atoms in total. The fourth-order valence-corrected chi connectivity index (χ4v) is 4.20. The van der Waals surface area contributed by atoms with Gasteiger partial charge in [-0.1, -0.05) is 6.07 Å². The van der Waals surface area contributed by atoms with Crippen molar-refractivity contribution in [2.45, 2.75) is 25.3 Å². The van der Waals surface area contributed by atoms with E-state index in [1.54, 1.807) is 19.2 Å². The maximum Gasteiger partial charge on any atom is 0.345 e. The van der Waals surface area contributed by atoms with Gasteiger partial charge in [0.05, 0.1) is 17.1 Å². The summed E-state index contributed by atoms with van der Waals surface area (Å²) in [6, 6.07) is 4.79. The highest BCUT2D eigenvalue weighted by Crippen LogP contribution is 2.25. The molecule has 0 bridgehead atoms. The fraction of sp³-hybridized carbons (Fsp3) is 0.231. The molecule has 0 unspecified atom stereocenters. The number of thiophene rings is 1. The zero-order chi connectivity index (χ0) is 15.6. The fourth-order valence-electron chi connectivity index (χ4n) is 1.78. The third kappa shape index (κ3) is 3.46. The molecule has 0 amide bonds. The van der Waals surface area contributed by atoms with Gasteiger partial charge < -0.3 is 5.11 Å². The van der Waals surface area contributed by atoms with E-state index in [1.165, 1.54) is 6.07 Å². The summed E-state index contributed by atoms with van der Waals surface area (Å²) in [7, 11) is -3.76. The van der Waals surface area contributed by atoms with E-state index >= 15 is 0 Å². The van der Waals surface area contributed by atoms with Crippen molar-refractivity contribution in [1.82, 2.24) is 9.71 Å². The topological polar surface area (TPSA) is 96.4 Å². The Balaban J connectivity index is 2.23. The number of aryl methyl sites for hydroxylation is 2. The molecule has 2 N–H and O–H groups in total. The zero-order valence-corrected chi connectivity index (χ0v) is 13.1. The predicted molar refractivity (Wildman–Crippen MR) is 79.0 cm³/mol. The van der Waals surface area contributed by atoms with E-state index in [2.05, 4.69) is 9.71 Å². The van der Waals surface area contributed by atoms with E-state index in [0.717, 1.165) is 16.9 Å². The Hall–Kier alpha value is -1.77. The summed E-state index contributed by atoms with van der Waals surface area (Å²) in [5.74, 6) is -1.13. The largest absolute Gasteiger partial charge is 0.477 e. The van der Waals surface area contributed by atoms with Crippen molar-refractivity contribution in [3.8, 4) is 0 Å². The van der Waals surface area contributed by atoms with Gasteiger partial charge in [0.2, 0.25) is 10.0 Å². The molecule has 0 aromatic carbocycles. The Morgan fingerprint density at radius 2 is 2.14 bits per heavy atom. The minimum absolute atomic E-state index is 0.00140. The number of aromatic nitrogens is 1. The SMILES string of the molecule is Cc1cccnc1CNS(=O)(=O)c1cc(C(=O)O)sc1C. The predicted octanol–water partition coefficient (Wildman–Crippen LogP) is 1.94. The van der Waals surface area contributed by atoms with Gasteiger partial charge in [0.15, 0.2) is 0 Å². The lowest BCUT2D eigenvalue weighted by Crippen LogP contribution is -2.24. The van der Waals surface area contributed by atoms with E-state index in [-0.39, 0.29) is 16.3 Å². The summed E-state index contributed by atoms with van der Waals surface area (Å²) in [6.45, 7) is 3.49. The molecule has 21 heavy (non-hydrogen) atoms. The molecule has 112 valence electrons. The van der Waals surface area contributed by atoms with Crippen LogP contribution in [0.15, 0.2) is 29.3 Å². The molecule has 2 heterocycles. The molecule has 0 aliphatic heterocycles. The normalized spacial score (nSPS) is 11.5. The van der Waals surface area contributed by atoms with Gasteiger partial charge in [0, 0.05) is 11.1 Å². The van der Waals surface area contributed by atoms with Crippen LogP contribution < -0.4 is 4.72 Å². The van der Waals surface area contributed by atoms with Crippen molar-refractivity contribution < 1.29 is 18.3 Å². The number of carboxylic acid groups (broad SMARTS) is 1. The maximum absolute atomic E-state index is 12.2. The van der Waals surface area contributed by atoms with Gasteiger partial charge in [-0.25, -0.2) is 17.9 Å². The summed E-state index contributed by atoms with van der Waals surface area (Å²) in [5, 5.41) is 8.92. The van der Waals surface area contributed by atoms with E-state index in [1.807, 2.05) is 13.0 Å². The number of carboxylic acids is 1. The van der Waals surface area contributed by atoms with E-state index in [9.17, 15) is 13.2 Å². The maximum atomic E-state index is 12.2. The van der Waals surface area contributed by atoms with Crippen molar-refractivity contribution in [2.75, 3.05) is 0 Å². The summed E-state index contributed by atoms with van der Waals surface area (Å²) in [4.78, 5) is 15.5. The number of hydrogen-bond donors (Lipinski definition) is 2. The Morgan fingerprint density at radius 3 is 2.71 bits per heavy atom. The van der Waals surface area contributed by atoms with Crippen molar-refractivity contribution in [1.29, 1.82) is 0 Å². The average molecular weight is 326 g/mol.